The molecule has 0 aromatic heterocycles. The van der Waals surface area contributed by atoms with Crippen LogP contribution in [0.5, 0.6) is 0 Å². The molecule has 0 amide bonds. The summed E-state index contributed by atoms with van der Waals surface area (Å²) in [5.74, 6) is -0.208. The van der Waals surface area contributed by atoms with Gasteiger partial charge in [-0.05, 0) is 0 Å². The Balaban J connectivity index is 2.48. The second kappa shape index (κ2) is 1.60. The second-order valence-corrected chi connectivity index (χ2v) is 1.44. The smallest absolute Gasteiger partial charge is 0.215 e. The van der Waals surface area contributed by atoms with E-state index in [1.807, 2.05) is 0 Å². The molecule has 1 aliphatic heterocycles. The van der Waals surface area contributed by atoms with E-state index in [0.717, 1.165) is 0 Å². The van der Waals surface area contributed by atoms with E-state index in [-0.39, 0.29) is 5.78 Å². The van der Waals surface area contributed by atoms with Gasteiger partial charge in [-0.1, -0.05) is 0 Å². The molecule has 0 bridgehead atoms. The highest BCUT2D eigenvalue weighted by molar-refractivity contribution is 5.82. The largest absolute Gasteiger partial charge is 0.362 e. The maximum atomic E-state index is 10.2. The molecule has 1 atom stereocenters. The van der Waals surface area contributed by atoms with Crippen LogP contribution in [0, 0.1) is 0 Å². The van der Waals surface area contributed by atoms with Crippen molar-refractivity contribution in [2.24, 2.45) is 0 Å². The number of carbonyl (C=O) groups excluding carboxylic acids is 1. The first-order chi connectivity index (χ1) is 3.30. The number of rotatable bonds is 0. The minimum atomic E-state index is -1.13. The topological polar surface area (TPSA) is 46.5 Å². The molecule has 1 fully saturated rings. The van der Waals surface area contributed by atoms with Crippen LogP contribution in [0.25, 0.3) is 0 Å². The Bertz CT molecular complexity index is 88.9. The maximum absolute atomic E-state index is 10.2. The van der Waals surface area contributed by atoms with Crippen LogP contribution in [-0.2, 0) is 9.53 Å². The number of carbonyl (C=O) groups is 1. The molecule has 7 heavy (non-hydrogen) atoms. The van der Waals surface area contributed by atoms with Crippen LogP contribution in [0.15, 0.2) is 0 Å². The molecule has 0 saturated carbocycles. The van der Waals surface area contributed by atoms with Crippen LogP contribution >= 0.6 is 0 Å². The number of ketones is 1. The van der Waals surface area contributed by atoms with Crippen LogP contribution in [0.3, 0.4) is 0 Å². The summed E-state index contributed by atoms with van der Waals surface area (Å²) >= 11 is 0. The summed E-state index contributed by atoms with van der Waals surface area (Å²) in [5.41, 5.74) is 0. The predicted molar refractivity (Wildman–Crippen MR) is 21.6 cm³/mol. The van der Waals surface area contributed by atoms with E-state index in [2.05, 4.69) is 4.74 Å². The molecule has 1 N–H and O–H groups in total. The lowest BCUT2D eigenvalue weighted by Crippen LogP contribution is -2.12. The highest BCUT2D eigenvalue weighted by atomic mass is 16.6. The van der Waals surface area contributed by atoms with Crippen LogP contribution in [0.2, 0.25) is 0 Å². The number of aliphatic hydroxyl groups is 1. The Kier molecular flexibility index (Phi) is 1.08. The van der Waals surface area contributed by atoms with E-state index in [4.69, 9.17) is 5.11 Å². The van der Waals surface area contributed by atoms with Crippen LogP contribution in [0.1, 0.15) is 6.42 Å². The minimum absolute atomic E-state index is 0.208. The van der Waals surface area contributed by atoms with Crippen molar-refractivity contribution in [3.05, 3.63) is 0 Å². The second-order valence-electron chi connectivity index (χ2n) is 1.44. The summed E-state index contributed by atoms with van der Waals surface area (Å²) in [5, 5.41) is 8.43. The van der Waals surface area contributed by atoms with Gasteiger partial charge in [-0.3, -0.25) is 4.79 Å². The highest BCUT2D eigenvalue weighted by Crippen LogP contribution is 2.02. The van der Waals surface area contributed by atoms with Crippen molar-refractivity contribution in [3.8, 4) is 0 Å². The van der Waals surface area contributed by atoms with Crippen molar-refractivity contribution in [1.82, 2.24) is 0 Å². The minimum Gasteiger partial charge on any atom is -0.362 e. The van der Waals surface area contributed by atoms with E-state index in [0.29, 0.717) is 13.0 Å². The molecule has 1 heterocycles. The van der Waals surface area contributed by atoms with E-state index >= 15 is 0 Å². The third-order valence-corrected chi connectivity index (χ3v) is 0.900. The molecule has 0 aromatic carbocycles. The third kappa shape index (κ3) is 0.783. The van der Waals surface area contributed by atoms with Gasteiger partial charge >= 0.3 is 0 Å². The summed E-state index contributed by atoms with van der Waals surface area (Å²) in [6, 6.07) is 0. The fraction of sp³-hybridized carbons (Fsp3) is 0.750. The fourth-order valence-electron chi connectivity index (χ4n) is 0.488. The molecule has 1 aliphatic rings. The Labute approximate surface area is 40.9 Å². The zero-order valence-electron chi connectivity index (χ0n) is 3.76. The molecular weight excluding hydrogens is 96.0 g/mol. The van der Waals surface area contributed by atoms with Gasteiger partial charge in [0.15, 0.2) is 5.78 Å². The maximum Gasteiger partial charge on any atom is 0.215 e. The molecule has 40 valence electrons. The van der Waals surface area contributed by atoms with Crippen LogP contribution in [-0.4, -0.2) is 23.8 Å². The summed E-state index contributed by atoms with van der Waals surface area (Å²) in [7, 11) is 0. The van der Waals surface area contributed by atoms with E-state index in [9.17, 15) is 4.79 Å². The average molecular weight is 102 g/mol. The molecule has 1 rings (SSSR count). The molecule has 3 nitrogen and oxygen atoms in total. The SMILES string of the molecule is O=C1CCOC1O. The van der Waals surface area contributed by atoms with Gasteiger partial charge in [-0.15, -0.1) is 0 Å². The number of hydrogen-bond donors (Lipinski definition) is 1. The van der Waals surface area contributed by atoms with Gasteiger partial charge in [-0.2, -0.15) is 0 Å². The molecule has 1 saturated heterocycles. The predicted octanol–water partition coefficient (Wildman–Crippen LogP) is -0.706. The first kappa shape index (κ1) is 4.74. The van der Waals surface area contributed by atoms with Crippen molar-refractivity contribution in [2.75, 3.05) is 6.61 Å². The summed E-state index contributed by atoms with van der Waals surface area (Å²) in [6.45, 7) is 0.375. The lowest BCUT2D eigenvalue weighted by Gasteiger charge is -1.92. The summed E-state index contributed by atoms with van der Waals surface area (Å²) < 4.78 is 4.47. The van der Waals surface area contributed by atoms with Crippen LogP contribution in [0.4, 0.5) is 0 Å². The van der Waals surface area contributed by atoms with Crippen molar-refractivity contribution < 1.29 is 14.6 Å². The molecule has 1 unspecified atom stereocenters. The van der Waals surface area contributed by atoms with E-state index in [1.165, 1.54) is 0 Å². The average Bonchev–Trinajstić information content (AvgIpc) is 1.91. The molecule has 0 aliphatic carbocycles. The van der Waals surface area contributed by atoms with Gasteiger partial charge in [0.1, 0.15) is 0 Å². The monoisotopic (exact) mass is 102 g/mol. The molecule has 3 heteroatoms. The van der Waals surface area contributed by atoms with Gasteiger partial charge in [0.05, 0.1) is 6.61 Å². The Morgan fingerprint density at radius 1 is 1.86 bits per heavy atom. The van der Waals surface area contributed by atoms with E-state index in [1.54, 1.807) is 0 Å². The molecule has 0 radical (unpaired) electrons. The standard InChI is InChI=1S/C4H6O3/c5-3-1-2-7-4(3)6/h4,6H,1-2H2. The molecular formula is C4H6O3. The van der Waals surface area contributed by atoms with Gasteiger partial charge in [0.25, 0.3) is 0 Å². The zero-order valence-corrected chi connectivity index (χ0v) is 3.76. The first-order valence-electron chi connectivity index (χ1n) is 2.13. The number of ether oxygens (including phenoxy) is 1. The van der Waals surface area contributed by atoms with Crippen molar-refractivity contribution >= 4 is 5.78 Å². The van der Waals surface area contributed by atoms with E-state index < -0.39 is 6.29 Å². The Hall–Kier alpha value is -0.410. The van der Waals surface area contributed by atoms with Gasteiger partial charge in [0.2, 0.25) is 6.29 Å². The molecule has 0 aromatic rings. The van der Waals surface area contributed by atoms with Crippen molar-refractivity contribution in [3.63, 3.8) is 0 Å². The van der Waals surface area contributed by atoms with Crippen LogP contribution < -0.4 is 0 Å². The number of Topliss-reactive ketones (excluding diaryl/α,β-unsaturated/α-hetero) is 1. The number of hydrogen-bond acceptors (Lipinski definition) is 3. The summed E-state index contributed by atoms with van der Waals surface area (Å²) in [6.07, 6.45) is -0.763. The Morgan fingerprint density at radius 2 is 2.57 bits per heavy atom. The lowest BCUT2D eigenvalue weighted by molar-refractivity contribution is -0.139. The van der Waals surface area contributed by atoms with Gasteiger partial charge in [-0.25, -0.2) is 0 Å². The quantitative estimate of drug-likeness (QED) is 0.439. The number of aliphatic hydroxyl groups excluding tert-OH is 1. The highest BCUT2D eigenvalue weighted by Gasteiger charge is 2.21. The normalized spacial score (nSPS) is 31.6. The summed E-state index contributed by atoms with van der Waals surface area (Å²) in [4.78, 5) is 10.2. The van der Waals surface area contributed by atoms with Crippen molar-refractivity contribution in [2.45, 2.75) is 12.7 Å². The fourth-order valence-corrected chi connectivity index (χ4v) is 0.488. The Morgan fingerprint density at radius 3 is 2.71 bits per heavy atom. The van der Waals surface area contributed by atoms with Gasteiger partial charge < -0.3 is 9.84 Å². The zero-order chi connectivity index (χ0) is 5.28. The third-order valence-electron chi connectivity index (χ3n) is 0.900. The van der Waals surface area contributed by atoms with Crippen molar-refractivity contribution in [1.29, 1.82) is 0 Å². The van der Waals surface area contributed by atoms with Gasteiger partial charge in [0, 0.05) is 6.42 Å². The lowest BCUT2D eigenvalue weighted by atomic mass is 10.3. The molecule has 0 spiro atoms. The first-order valence-corrected chi connectivity index (χ1v) is 2.13.